The molecule has 12 heteroatoms. The van der Waals surface area contributed by atoms with E-state index in [9.17, 15) is 21.6 Å². The number of nitrogens with zero attached hydrogens (tertiary/aromatic N) is 2. The predicted octanol–water partition coefficient (Wildman–Crippen LogP) is 3.36. The molecule has 0 aliphatic rings. The van der Waals surface area contributed by atoms with Crippen LogP contribution in [-0.2, 0) is 16.4 Å². The van der Waals surface area contributed by atoms with E-state index in [0.29, 0.717) is 42.1 Å². The molecule has 3 N–H and O–H groups in total. The van der Waals surface area contributed by atoms with Gasteiger partial charge in [-0.2, -0.15) is 13.2 Å². The number of nitrogens with one attached hydrogen (secondary N) is 1. The number of anilines is 1. The van der Waals surface area contributed by atoms with Crippen LogP contribution in [0.3, 0.4) is 0 Å². The Morgan fingerprint density at radius 3 is 2.54 bits per heavy atom. The zero-order valence-corrected chi connectivity index (χ0v) is 15.9. The quantitative estimate of drug-likeness (QED) is 0.626. The van der Waals surface area contributed by atoms with Crippen molar-refractivity contribution in [3.63, 3.8) is 0 Å². The second-order valence-corrected chi connectivity index (χ2v) is 8.06. The number of nitrogens with two attached hydrogens (primary N) is 1. The molecule has 2 heterocycles. The van der Waals surface area contributed by atoms with Crippen molar-refractivity contribution in [1.82, 2.24) is 14.7 Å². The average molecular weight is 431 g/mol. The van der Waals surface area contributed by atoms with Gasteiger partial charge in [-0.15, -0.1) is 23.7 Å². The molecule has 2 aromatic rings. The number of pyridine rings is 1. The van der Waals surface area contributed by atoms with Crippen molar-refractivity contribution in [2.75, 3.05) is 12.3 Å². The van der Waals surface area contributed by atoms with E-state index in [1.807, 2.05) is 12.1 Å². The summed E-state index contributed by atoms with van der Waals surface area (Å²) in [4.78, 5) is 8.63. The lowest BCUT2D eigenvalue weighted by atomic mass is 10.2. The number of aromatic nitrogens is 2. The van der Waals surface area contributed by atoms with Crippen LogP contribution in [-0.4, -0.2) is 30.4 Å². The van der Waals surface area contributed by atoms with Crippen molar-refractivity contribution >= 4 is 38.8 Å². The first-order valence-electron chi connectivity index (χ1n) is 7.43. The van der Waals surface area contributed by atoms with Crippen LogP contribution in [0, 0.1) is 0 Å². The molecule has 2 aromatic heterocycles. The molecule has 0 aliphatic heterocycles. The minimum absolute atomic E-state index is 0. The van der Waals surface area contributed by atoms with Gasteiger partial charge in [-0.25, -0.2) is 18.1 Å². The van der Waals surface area contributed by atoms with Crippen LogP contribution >= 0.6 is 23.7 Å². The molecular formula is C14H18ClF3N4O2S2. The topological polar surface area (TPSA) is 98.0 Å². The van der Waals surface area contributed by atoms with Gasteiger partial charge < -0.3 is 5.73 Å². The molecule has 0 saturated heterocycles. The highest BCUT2D eigenvalue weighted by Gasteiger charge is 2.45. The van der Waals surface area contributed by atoms with Crippen molar-refractivity contribution in [3.05, 3.63) is 29.4 Å². The van der Waals surface area contributed by atoms with Crippen molar-refractivity contribution in [3.8, 4) is 11.4 Å². The van der Waals surface area contributed by atoms with Gasteiger partial charge >= 0.3 is 15.5 Å². The first kappa shape index (κ1) is 22.6. The molecule has 0 bridgehead atoms. The first-order valence-corrected chi connectivity index (χ1v) is 9.73. The standard InChI is InChI=1S/C14H17F3N4O2S2.ClH/c15-14(16,17)25(22,23)20-9-4-1-2-7-11-21-12(13(18)24-11)10-6-3-5-8-19-10;/h3,5-6,8,20H,1-2,4,7,9,18H2;1H. The zero-order valence-electron chi connectivity index (χ0n) is 13.5. The maximum absolute atomic E-state index is 12.1. The van der Waals surface area contributed by atoms with Crippen LogP contribution in [0.1, 0.15) is 24.3 Å². The summed E-state index contributed by atoms with van der Waals surface area (Å²) >= 11 is 1.35. The van der Waals surface area contributed by atoms with E-state index in [4.69, 9.17) is 5.73 Å². The van der Waals surface area contributed by atoms with Gasteiger partial charge in [-0.3, -0.25) is 4.98 Å². The van der Waals surface area contributed by atoms with Crippen LogP contribution in [0.15, 0.2) is 24.4 Å². The van der Waals surface area contributed by atoms with Crippen molar-refractivity contribution < 1.29 is 21.6 Å². The fourth-order valence-corrected chi connectivity index (χ4v) is 3.50. The Balaban J connectivity index is 0.00000338. The highest BCUT2D eigenvalue weighted by Crippen LogP contribution is 2.30. The molecule has 26 heavy (non-hydrogen) atoms. The number of thiazole rings is 1. The molecule has 2 rings (SSSR count). The Hall–Kier alpha value is -1.43. The molecule has 0 atom stereocenters. The third-order valence-corrected chi connectivity index (χ3v) is 5.41. The monoisotopic (exact) mass is 430 g/mol. The summed E-state index contributed by atoms with van der Waals surface area (Å²) in [5.74, 6) is 0. The number of aryl methyl sites for hydroxylation is 1. The second-order valence-electron chi connectivity index (χ2n) is 5.19. The lowest BCUT2D eigenvalue weighted by molar-refractivity contribution is -0.0447. The Morgan fingerprint density at radius 2 is 1.92 bits per heavy atom. The summed E-state index contributed by atoms with van der Waals surface area (Å²) in [6, 6.07) is 5.44. The third-order valence-electron chi connectivity index (χ3n) is 3.27. The molecule has 0 aromatic carbocycles. The summed E-state index contributed by atoms with van der Waals surface area (Å²) in [6.45, 7) is -0.249. The maximum atomic E-state index is 12.1. The number of rotatable bonds is 8. The summed E-state index contributed by atoms with van der Waals surface area (Å²) in [5, 5.41) is 1.38. The van der Waals surface area contributed by atoms with E-state index in [1.165, 1.54) is 16.1 Å². The average Bonchev–Trinajstić information content (AvgIpc) is 2.91. The number of sulfonamides is 1. The van der Waals surface area contributed by atoms with E-state index in [0.717, 1.165) is 5.01 Å². The molecular weight excluding hydrogens is 413 g/mol. The van der Waals surface area contributed by atoms with Crippen LogP contribution in [0.5, 0.6) is 0 Å². The lowest BCUT2D eigenvalue weighted by Crippen LogP contribution is -2.36. The van der Waals surface area contributed by atoms with Crippen LogP contribution in [0.25, 0.3) is 11.4 Å². The molecule has 0 amide bonds. The lowest BCUT2D eigenvalue weighted by Gasteiger charge is -2.08. The van der Waals surface area contributed by atoms with E-state index in [2.05, 4.69) is 9.97 Å². The number of hydrogen-bond donors (Lipinski definition) is 2. The number of hydrogen-bond acceptors (Lipinski definition) is 6. The van der Waals surface area contributed by atoms with Gasteiger partial charge in [-0.05, 0) is 31.4 Å². The molecule has 6 nitrogen and oxygen atoms in total. The van der Waals surface area contributed by atoms with Crippen LogP contribution in [0.4, 0.5) is 18.2 Å². The Kier molecular flexibility index (Phi) is 8.25. The normalized spacial score (nSPS) is 12.0. The highest BCUT2D eigenvalue weighted by molar-refractivity contribution is 7.90. The molecule has 0 unspecified atom stereocenters. The van der Waals surface area contributed by atoms with Crippen molar-refractivity contribution in [2.24, 2.45) is 0 Å². The molecule has 0 radical (unpaired) electrons. The van der Waals surface area contributed by atoms with Gasteiger partial charge in [-0.1, -0.05) is 12.5 Å². The van der Waals surface area contributed by atoms with E-state index >= 15 is 0 Å². The minimum Gasteiger partial charge on any atom is -0.389 e. The zero-order chi connectivity index (χ0) is 18.5. The summed E-state index contributed by atoms with van der Waals surface area (Å²) < 4.78 is 59.6. The van der Waals surface area contributed by atoms with Crippen molar-refractivity contribution in [2.45, 2.75) is 31.2 Å². The summed E-state index contributed by atoms with van der Waals surface area (Å²) in [6.07, 6.45) is 3.81. The van der Waals surface area contributed by atoms with E-state index in [1.54, 1.807) is 12.3 Å². The smallest absolute Gasteiger partial charge is 0.389 e. The third kappa shape index (κ3) is 6.08. The fourth-order valence-electron chi connectivity index (χ4n) is 2.04. The molecule has 0 aliphatic carbocycles. The largest absolute Gasteiger partial charge is 0.511 e. The number of nitrogen functional groups attached to an aromatic ring is 1. The van der Waals surface area contributed by atoms with Gasteiger partial charge in [0.15, 0.2) is 0 Å². The summed E-state index contributed by atoms with van der Waals surface area (Å²) in [5.41, 5.74) is 1.98. The fraction of sp³-hybridized carbons (Fsp3) is 0.429. The number of halogens is 4. The summed E-state index contributed by atoms with van der Waals surface area (Å²) in [7, 11) is -5.25. The van der Waals surface area contributed by atoms with Gasteiger partial charge in [0.2, 0.25) is 0 Å². The molecule has 0 saturated carbocycles. The van der Waals surface area contributed by atoms with Crippen LogP contribution in [0.2, 0.25) is 0 Å². The molecule has 146 valence electrons. The maximum Gasteiger partial charge on any atom is 0.511 e. The molecule has 0 fully saturated rings. The van der Waals surface area contributed by atoms with Gasteiger partial charge in [0.25, 0.3) is 0 Å². The molecule has 0 spiro atoms. The van der Waals surface area contributed by atoms with Gasteiger partial charge in [0.05, 0.1) is 10.7 Å². The number of unbranched alkanes of at least 4 members (excludes halogenated alkanes) is 2. The van der Waals surface area contributed by atoms with E-state index in [-0.39, 0.29) is 19.0 Å². The van der Waals surface area contributed by atoms with Crippen LogP contribution < -0.4 is 10.5 Å². The number of alkyl halides is 3. The highest BCUT2D eigenvalue weighted by atomic mass is 35.5. The first-order chi connectivity index (χ1) is 11.7. The Morgan fingerprint density at radius 1 is 1.19 bits per heavy atom. The van der Waals surface area contributed by atoms with Gasteiger partial charge in [0.1, 0.15) is 10.7 Å². The second kappa shape index (κ2) is 9.49. The predicted molar refractivity (Wildman–Crippen MR) is 97.5 cm³/mol. The Labute approximate surface area is 159 Å². The minimum atomic E-state index is -5.27. The SMILES string of the molecule is Cl.Nc1sc(CCCCCNS(=O)(=O)C(F)(F)F)nc1-c1ccccn1. The Bertz CT molecular complexity index is 798. The van der Waals surface area contributed by atoms with E-state index < -0.39 is 15.5 Å². The van der Waals surface area contributed by atoms with Crippen molar-refractivity contribution in [1.29, 1.82) is 0 Å². The van der Waals surface area contributed by atoms with Gasteiger partial charge in [0, 0.05) is 12.7 Å².